The van der Waals surface area contributed by atoms with Crippen molar-refractivity contribution < 1.29 is 22.7 Å². The highest BCUT2D eigenvalue weighted by Gasteiger charge is 2.41. The molecule has 9 heteroatoms. The van der Waals surface area contributed by atoms with Crippen LogP contribution in [0.4, 0.5) is 13.2 Å². The molecule has 1 aromatic heterocycles. The number of alkyl halides is 3. The van der Waals surface area contributed by atoms with E-state index in [1.807, 2.05) is 0 Å². The van der Waals surface area contributed by atoms with Crippen LogP contribution in [-0.4, -0.2) is 28.3 Å². The maximum atomic E-state index is 12.0. The summed E-state index contributed by atoms with van der Waals surface area (Å²) in [5, 5.41) is 0. The van der Waals surface area contributed by atoms with Gasteiger partial charge in [-0.05, 0) is 32.1 Å². The monoisotopic (exact) mass is 320 g/mol. The summed E-state index contributed by atoms with van der Waals surface area (Å²) in [6, 6.07) is -0.224. The Kier molecular flexibility index (Phi) is 4.43. The first-order valence-electron chi connectivity index (χ1n) is 6.74. The summed E-state index contributed by atoms with van der Waals surface area (Å²) in [6.45, 7) is 1.23. The number of H-pyrrole nitrogens is 1. The van der Waals surface area contributed by atoms with Crippen LogP contribution in [0.3, 0.4) is 0 Å². The van der Waals surface area contributed by atoms with E-state index in [0.29, 0.717) is 24.8 Å². The number of aryl methyl sites for hydroxylation is 1. The molecule has 22 heavy (non-hydrogen) atoms. The SMILES string of the molecule is Cc1cn(C2CCC(COC(=O)C(F)(F)F)C2)c(=O)[nH]c1=O. The van der Waals surface area contributed by atoms with Gasteiger partial charge in [-0.1, -0.05) is 0 Å². The summed E-state index contributed by atoms with van der Waals surface area (Å²) in [4.78, 5) is 35.9. The Labute approximate surface area is 122 Å². The van der Waals surface area contributed by atoms with Crippen LogP contribution in [-0.2, 0) is 9.53 Å². The van der Waals surface area contributed by atoms with E-state index in [4.69, 9.17) is 0 Å². The van der Waals surface area contributed by atoms with Gasteiger partial charge in [-0.3, -0.25) is 14.3 Å². The van der Waals surface area contributed by atoms with Crippen molar-refractivity contribution in [3.63, 3.8) is 0 Å². The average Bonchev–Trinajstić information content (AvgIpc) is 2.87. The van der Waals surface area contributed by atoms with Crippen molar-refractivity contribution in [2.24, 2.45) is 5.92 Å². The number of halogens is 3. The van der Waals surface area contributed by atoms with E-state index in [1.165, 1.54) is 10.8 Å². The lowest BCUT2D eigenvalue weighted by Gasteiger charge is -2.15. The Bertz CT molecular complexity index is 677. The van der Waals surface area contributed by atoms with Gasteiger partial charge in [0, 0.05) is 17.8 Å². The number of nitrogens with zero attached hydrogens (tertiary/aromatic N) is 1. The van der Waals surface area contributed by atoms with Gasteiger partial charge in [-0.15, -0.1) is 0 Å². The number of nitrogens with one attached hydrogen (secondary N) is 1. The first-order valence-corrected chi connectivity index (χ1v) is 6.74. The lowest BCUT2D eigenvalue weighted by atomic mass is 10.1. The third-order valence-corrected chi connectivity index (χ3v) is 3.73. The van der Waals surface area contributed by atoms with E-state index in [1.54, 1.807) is 6.92 Å². The summed E-state index contributed by atoms with van der Waals surface area (Å²) in [6.07, 6.45) is -2.03. The number of esters is 1. The zero-order valence-corrected chi connectivity index (χ0v) is 11.8. The van der Waals surface area contributed by atoms with E-state index in [9.17, 15) is 27.6 Å². The second kappa shape index (κ2) is 5.98. The van der Waals surface area contributed by atoms with Crippen molar-refractivity contribution in [3.05, 3.63) is 32.6 Å². The van der Waals surface area contributed by atoms with Crippen molar-refractivity contribution in [2.75, 3.05) is 6.61 Å². The van der Waals surface area contributed by atoms with Crippen LogP contribution in [0.5, 0.6) is 0 Å². The molecule has 1 N–H and O–H groups in total. The normalized spacial score (nSPS) is 21.8. The van der Waals surface area contributed by atoms with Gasteiger partial charge in [0.05, 0.1) is 6.61 Å². The van der Waals surface area contributed by atoms with Crippen LogP contribution in [0.25, 0.3) is 0 Å². The van der Waals surface area contributed by atoms with E-state index >= 15 is 0 Å². The molecule has 0 spiro atoms. The molecule has 1 saturated carbocycles. The first-order chi connectivity index (χ1) is 10.2. The van der Waals surface area contributed by atoms with Crippen LogP contribution in [0, 0.1) is 12.8 Å². The molecule has 0 amide bonds. The fourth-order valence-electron chi connectivity index (χ4n) is 2.59. The molecule has 0 saturated heterocycles. The minimum atomic E-state index is -5.00. The molecular formula is C13H15F3N2O4. The summed E-state index contributed by atoms with van der Waals surface area (Å²) < 4.78 is 41.8. The third kappa shape index (κ3) is 3.58. The Morgan fingerprint density at radius 3 is 2.73 bits per heavy atom. The molecule has 2 rings (SSSR count). The van der Waals surface area contributed by atoms with Gasteiger partial charge in [-0.2, -0.15) is 13.2 Å². The standard InChI is InChI=1S/C13H15F3N2O4/c1-7-5-18(12(21)17-10(7)19)9-3-2-8(4-9)6-22-11(20)13(14,15)16/h5,8-9H,2-4,6H2,1H3,(H,17,19,21). The lowest BCUT2D eigenvalue weighted by Crippen LogP contribution is -2.32. The molecule has 0 bridgehead atoms. The molecule has 1 aromatic rings. The molecule has 0 aromatic carbocycles. The summed E-state index contributed by atoms with van der Waals surface area (Å²) >= 11 is 0. The van der Waals surface area contributed by atoms with Crippen molar-refractivity contribution >= 4 is 5.97 Å². The fraction of sp³-hybridized carbons (Fsp3) is 0.615. The third-order valence-electron chi connectivity index (χ3n) is 3.73. The number of carbonyl (C=O) groups excluding carboxylic acids is 1. The van der Waals surface area contributed by atoms with Crippen molar-refractivity contribution in [1.82, 2.24) is 9.55 Å². The number of aromatic nitrogens is 2. The number of rotatable bonds is 3. The highest BCUT2D eigenvalue weighted by molar-refractivity contribution is 5.75. The molecule has 6 nitrogen and oxygen atoms in total. The number of carbonyl (C=O) groups is 1. The number of ether oxygens (including phenoxy) is 1. The number of aromatic amines is 1. The maximum absolute atomic E-state index is 12.0. The van der Waals surface area contributed by atoms with E-state index in [2.05, 4.69) is 9.72 Å². The Balaban J connectivity index is 1.99. The Morgan fingerprint density at radius 2 is 2.09 bits per heavy atom. The average molecular weight is 320 g/mol. The van der Waals surface area contributed by atoms with Crippen LogP contribution in [0.2, 0.25) is 0 Å². The molecule has 0 radical (unpaired) electrons. The van der Waals surface area contributed by atoms with E-state index < -0.39 is 23.4 Å². The van der Waals surface area contributed by atoms with Crippen molar-refractivity contribution in [1.29, 1.82) is 0 Å². The predicted molar refractivity (Wildman–Crippen MR) is 69.5 cm³/mol. The van der Waals surface area contributed by atoms with Gasteiger partial charge in [0.15, 0.2) is 0 Å². The van der Waals surface area contributed by atoms with Gasteiger partial charge in [0.2, 0.25) is 0 Å². The molecule has 1 aliphatic rings. The van der Waals surface area contributed by atoms with Crippen molar-refractivity contribution in [3.8, 4) is 0 Å². The summed E-state index contributed by atoms with van der Waals surface area (Å²) in [5.74, 6) is -2.44. The van der Waals surface area contributed by atoms with Crippen LogP contribution >= 0.6 is 0 Å². The van der Waals surface area contributed by atoms with Gasteiger partial charge < -0.3 is 4.74 Å². The zero-order chi connectivity index (χ0) is 16.5. The van der Waals surface area contributed by atoms with E-state index in [-0.39, 0.29) is 18.6 Å². The van der Waals surface area contributed by atoms with Gasteiger partial charge in [0.25, 0.3) is 5.56 Å². The summed E-state index contributed by atoms with van der Waals surface area (Å²) in [5.41, 5.74) is -0.630. The maximum Gasteiger partial charge on any atom is 0.490 e. The molecule has 122 valence electrons. The Hall–Kier alpha value is -2.06. The highest BCUT2D eigenvalue weighted by Crippen LogP contribution is 2.34. The van der Waals surface area contributed by atoms with Crippen molar-refractivity contribution in [2.45, 2.75) is 38.4 Å². The van der Waals surface area contributed by atoms with Crippen LogP contribution in [0.15, 0.2) is 15.8 Å². The molecular weight excluding hydrogens is 305 g/mol. The molecule has 1 fully saturated rings. The smallest absolute Gasteiger partial charge is 0.459 e. The van der Waals surface area contributed by atoms with Gasteiger partial charge in [0.1, 0.15) is 0 Å². The van der Waals surface area contributed by atoms with Gasteiger partial charge in [-0.25, -0.2) is 9.59 Å². The summed E-state index contributed by atoms with van der Waals surface area (Å²) in [7, 11) is 0. The van der Waals surface area contributed by atoms with E-state index in [0.717, 1.165) is 0 Å². The minimum Gasteiger partial charge on any atom is -0.459 e. The largest absolute Gasteiger partial charge is 0.490 e. The minimum absolute atomic E-state index is 0.224. The van der Waals surface area contributed by atoms with Gasteiger partial charge >= 0.3 is 17.8 Å². The fourth-order valence-corrected chi connectivity index (χ4v) is 2.59. The Morgan fingerprint density at radius 1 is 1.41 bits per heavy atom. The molecule has 2 unspecified atom stereocenters. The van der Waals surface area contributed by atoms with Crippen LogP contribution < -0.4 is 11.2 Å². The molecule has 0 aliphatic heterocycles. The molecule has 1 aliphatic carbocycles. The lowest BCUT2D eigenvalue weighted by molar-refractivity contribution is -0.200. The second-order valence-corrected chi connectivity index (χ2v) is 5.41. The second-order valence-electron chi connectivity index (χ2n) is 5.41. The predicted octanol–water partition coefficient (Wildman–Crippen LogP) is 1.29. The molecule has 2 atom stereocenters. The zero-order valence-electron chi connectivity index (χ0n) is 11.8. The number of hydrogen-bond donors (Lipinski definition) is 1. The quantitative estimate of drug-likeness (QED) is 0.851. The first kappa shape index (κ1) is 16.3. The number of hydrogen-bond acceptors (Lipinski definition) is 4. The topological polar surface area (TPSA) is 81.2 Å². The highest BCUT2D eigenvalue weighted by atomic mass is 19.4. The molecule has 1 heterocycles. The van der Waals surface area contributed by atoms with Crippen LogP contribution in [0.1, 0.15) is 30.9 Å².